The Morgan fingerprint density at radius 1 is 1.07 bits per heavy atom. The molecule has 1 aromatic heterocycles. The first kappa shape index (κ1) is 17.8. The molecule has 0 bridgehead atoms. The van der Waals surface area contributed by atoms with E-state index in [1.165, 1.54) is 31.2 Å². The third-order valence-electron chi connectivity index (χ3n) is 6.20. The van der Waals surface area contributed by atoms with Gasteiger partial charge in [-0.3, -0.25) is 9.78 Å². The van der Waals surface area contributed by atoms with Crippen LogP contribution in [-0.4, -0.2) is 31.2 Å². The normalized spacial score (nSPS) is 26.4. The molecule has 4 atom stereocenters. The monoisotopic (exact) mass is 366 g/mol. The number of rotatable bonds is 5. The predicted octanol–water partition coefficient (Wildman–Crippen LogP) is 3.80. The first-order chi connectivity index (χ1) is 13.2. The Kier molecular flexibility index (Phi) is 5.01. The van der Waals surface area contributed by atoms with Crippen molar-refractivity contribution in [2.24, 2.45) is 11.8 Å². The highest BCUT2D eigenvalue weighted by molar-refractivity contribution is 5.94. The molecule has 2 aliphatic rings. The van der Waals surface area contributed by atoms with Crippen molar-refractivity contribution in [3.8, 4) is 11.5 Å². The van der Waals surface area contributed by atoms with Crippen LogP contribution in [0.4, 0.5) is 0 Å². The second-order valence-corrected chi connectivity index (χ2v) is 7.49. The molecule has 5 heteroatoms. The maximum atomic E-state index is 12.7. The summed E-state index contributed by atoms with van der Waals surface area (Å²) < 4.78 is 10.9. The topological polar surface area (TPSA) is 60.5 Å². The molecule has 2 fully saturated rings. The van der Waals surface area contributed by atoms with Crippen LogP contribution < -0.4 is 14.8 Å². The molecule has 1 N–H and O–H groups in total. The van der Waals surface area contributed by atoms with E-state index in [0.717, 1.165) is 11.5 Å². The molecule has 2 saturated carbocycles. The Morgan fingerprint density at radius 2 is 1.85 bits per heavy atom. The smallest absolute Gasteiger partial charge is 0.253 e. The first-order valence-corrected chi connectivity index (χ1v) is 9.65. The minimum atomic E-state index is -0.0393. The van der Waals surface area contributed by atoms with Crippen molar-refractivity contribution in [2.45, 2.75) is 37.6 Å². The van der Waals surface area contributed by atoms with E-state index in [-0.39, 0.29) is 11.9 Å². The number of amides is 1. The molecule has 0 saturated heterocycles. The first-order valence-electron chi connectivity index (χ1n) is 9.65. The fourth-order valence-electron chi connectivity index (χ4n) is 4.91. The van der Waals surface area contributed by atoms with Gasteiger partial charge < -0.3 is 14.8 Å². The van der Waals surface area contributed by atoms with E-state index < -0.39 is 0 Å². The molecule has 0 aliphatic heterocycles. The zero-order chi connectivity index (χ0) is 18.8. The third-order valence-corrected chi connectivity index (χ3v) is 6.20. The molecule has 4 rings (SSSR count). The van der Waals surface area contributed by atoms with Crippen molar-refractivity contribution in [2.75, 3.05) is 14.2 Å². The fourth-order valence-corrected chi connectivity index (χ4v) is 4.91. The van der Waals surface area contributed by atoms with Gasteiger partial charge in [0.05, 0.1) is 19.8 Å². The van der Waals surface area contributed by atoms with Crippen molar-refractivity contribution < 1.29 is 14.3 Å². The van der Waals surface area contributed by atoms with E-state index in [4.69, 9.17) is 9.47 Å². The number of carbonyl (C=O) groups is 1. The van der Waals surface area contributed by atoms with Crippen LogP contribution in [0, 0.1) is 11.8 Å². The number of hydrogen-bond acceptors (Lipinski definition) is 4. The highest BCUT2D eigenvalue weighted by Gasteiger charge is 2.52. The summed E-state index contributed by atoms with van der Waals surface area (Å²) in [6, 6.07) is 9.90. The molecule has 1 aromatic carbocycles. The summed E-state index contributed by atoms with van der Waals surface area (Å²) in [6.45, 7) is 0. The molecule has 2 aromatic rings. The van der Waals surface area contributed by atoms with Gasteiger partial charge in [0, 0.05) is 24.4 Å². The molecule has 27 heavy (non-hydrogen) atoms. The molecule has 0 spiro atoms. The molecule has 1 heterocycles. The van der Waals surface area contributed by atoms with Gasteiger partial charge in [-0.05, 0) is 54.5 Å². The molecule has 0 unspecified atom stereocenters. The quantitative estimate of drug-likeness (QED) is 0.874. The van der Waals surface area contributed by atoms with Crippen LogP contribution in [0.3, 0.4) is 0 Å². The number of methoxy groups -OCH3 is 2. The molecule has 2 aliphatic carbocycles. The van der Waals surface area contributed by atoms with E-state index in [1.807, 2.05) is 12.1 Å². The number of benzene rings is 1. The van der Waals surface area contributed by atoms with E-state index in [0.29, 0.717) is 23.3 Å². The van der Waals surface area contributed by atoms with Crippen molar-refractivity contribution >= 4 is 5.91 Å². The Morgan fingerprint density at radius 3 is 2.56 bits per heavy atom. The minimum Gasteiger partial charge on any atom is -0.493 e. The van der Waals surface area contributed by atoms with Crippen LogP contribution in [0.2, 0.25) is 0 Å². The highest BCUT2D eigenvalue weighted by Crippen LogP contribution is 2.55. The molecule has 1 amide bonds. The van der Waals surface area contributed by atoms with E-state index in [9.17, 15) is 4.79 Å². The van der Waals surface area contributed by atoms with E-state index in [2.05, 4.69) is 22.4 Å². The summed E-state index contributed by atoms with van der Waals surface area (Å²) in [5.41, 5.74) is 1.83. The Balaban J connectivity index is 1.60. The van der Waals surface area contributed by atoms with Crippen molar-refractivity contribution in [1.29, 1.82) is 0 Å². The summed E-state index contributed by atoms with van der Waals surface area (Å²) in [5, 5.41) is 3.30. The molecule has 142 valence electrons. The Bertz CT molecular complexity index is 808. The molecule has 0 radical (unpaired) electrons. The average molecular weight is 366 g/mol. The lowest BCUT2D eigenvalue weighted by Crippen LogP contribution is -2.59. The SMILES string of the molecule is COc1ccc([C@H]2[C@H]3CCCC[C@@H]3[C@@H]2NC(=O)c2cccnc2)cc1OC. The van der Waals surface area contributed by atoms with Gasteiger partial charge >= 0.3 is 0 Å². The lowest BCUT2D eigenvalue weighted by atomic mass is 9.53. The van der Waals surface area contributed by atoms with Crippen molar-refractivity contribution in [3.05, 3.63) is 53.9 Å². The molecular weight excluding hydrogens is 340 g/mol. The van der Waals surface area contributed by atoms with Gasteiger partial charge in [-0.15, -0.1) is 0 Å². The maximum Gasteiger partial charge on any atom is 0.253 e. The van der Waals surface area contributed by atoms with Crippen LogP contribution in [0.5, 0.6) is 11.5 Å². The number of carbonyl (C=O) groups excluding carboxylic acids is 1. The Hall–Kier alpha value is -2.56. The number of nitrogens with one attached hydrogen (secondary N) is 1. The summed E-state index contributed by atoms with van der Waals surface area (Å²) in [7, 11) is 3.31. The van der Waals surface area contributed by atoms with Crippen LogP contribution in [0.25, 0.3) is 0 Å². The lowest BCUT2D eigenvalue weighted by molar-refractivity contribution is 0.0251. The summed E-state index contributed by atoms with van der Waals surface area (Å²) in [4.78, 5) is 16.8. The summed E-state index contributed by atoms with van der Waals surface area (Å²) in [5.74, 6) is 2.93. The minimum absolute atomic E-state index is 0.0393. The standard InChI is InChI=1S/C22H26N2O3/c1-26-18-10-9-14(12-19(18)27-2)20-16-7-3-4-8-17(16)21(20)24-22(25)15-6-5-11-23-13-15/h5-6,9-13,16-17,20-21H,3-4,7-8H2,1-2H3,(H,24,25)/t16-,17-,20-,21-/m0/s1. The number of ether oxygens (including phenoxy) is 2. The van der Waals surface area contributed by atoms with Crippen molar-refractivity contribution in [1.82, 2.24) is 10.3 Å². The van der Waals surface area contributed by atoms with Crippen LogP contribution >= 0.6 is 0 Å². The number of aromatic nitrogens is 1. The average Bonchev–Trinajstić information content (AvgIpc) is 2.72. The molecular formula is C22H26N2O3. The fraction of sp³-hybridized carbons (Fsp3) is 0.455. The van der Waals surface area contributed by atoms with Gasteiger partial charge in [-0.1, -0.05) is 18.9 Å². The van der Waals surface area contributed by atoms with Crippen LogP contribution in [-0.2, 0) is 0 Å². The van der Waals surface area contributed by atoms with Crippen molar-refractivity contribution in [3.63, 3.8) is 0 Å². The predicted molar refractivity (Wildman–Crippen MR) is 103 cm³/mol. The van der Waals surface area contributed by atoms with E-state index in [1.54, 1.807) is 32.7 Å². The van der Waals surface area contributed by atoms with Gasteiger partial charge in [0.15, 0.2) is 11.5 Å². The number of pyridine rings is 1. The largest absolute Gasteiger partial charge is 0.493 e. The zero-order valence-corrected chi connectivity index (χ0v) is 15.9. The molecule has 5 nitrogen and oxygen atoms in total. The highest BCUT2D eigenvalue weighted by atomic mass is 16.5. The van der Waals surface area contributed by atoms with Crippen LogP contribution in [0.15, 0.2) is 42.7 Å². The van der Waals surface area contributed by atoms with E-state index >= 15 is 0 Å². The zero-order valence-electron chi connectivity index (χ0n) is 15.9. The van der Waals surface area contributed by atoms with Crippen LogP contribution in [0.1, 0.15) is 47.5 Å². The third kappa shape index (κ3) is 3.27. The summed E-state index contributed by atoms with van der Waals surface area (Å²) >= 11 is 0. The number of fused-ring (bicyclic) bond motifs is 1. The summed E-state index contributed by atoms with van der Waals surface area (Å²) in [6.07, 6.45) is 8.24. The lowest BCUT2D eigenvalue weighted by Gasteiger charge is -2.55. The maximum absolute atomic E-state index is 12.7. The second-order valence-electron chi connectivity index (χ2n) is 7.49. The van der Waals surface area contributed by atoms with Gasteiger partial charge in [0.2, 0.25) is 0 Å². The van der Waals surface area contributed by atoms with Gasteiger partial charge in [-0.25, -0.2) is 0 Å². The number of nitrogens with zero attached hydrogens (tertiary/aromatic N) is 1. The number of hydrogen-bond donors (Lipinski definition) is 1. The second kappa shape index (κ2) is 7.59. The van der Waals surface area contributed by atoms with Gasteiger partial charge in [-0.2, -0.15) is 0 Å². The van der Waals surface area contributed by atoms with Gasteiger partial charge in [0.25, 0.3) is 5.91 Å². The van der Waals surface area contributed by atoms with Gasteiger partial charge in [0.1, 0.15) is 0 Å². The Labute approximate surface area is 160 Å².